The van der Waals surface area contributed by atoms with Crippen LogP contribution in [0.25, 0.3) is 0 Å². The number of carbonyl (C=O) groups is 6. The first-order valence-electron chi connectivity index (χ1n) is 18.5. The summed E-state index contributed by atoms with van der Waals surface area (Å²) in [4.78, 5) is 79.9. The molecule has 2 rings (SSSR count). The van der Waals surface area contributed by atoms with Crippen LogP contribution in [0.4, 0.5) is 0 Å². The number of carbonyl (C=O) groups excluding carboxylic acids is 6. The second kappa shape index (κ2) is 20.8. The van der Waals surface area contributed by atoms with Gasteiger partial charge in [-0.25, -0.2) is 17.9 Å². The Kier molecular flexibility index (Phi) is 18.4. The number of aliphatic imine (C=N–C) groups is 1. The second-order valence-electron chi connectivity index (χ2n) is 16.3. The van der Waals surface area contributed by atoms with Crippen molar-refractivity contribution >= 4 is 64.0 Å². The van der Waals surface area contributed by atoms with E-state index >= 15 is 0 Å². The minimum absolute atomic E-state index is 0. The molecule has 0 aromatic heterocycles. The molecule has 0 unspecified atom stereocenters. The van der Waals surface area contributed by atoms with Crippen LogP contribution in [0.3, 0.4) is 0 Å². The lowest BCUT2D eigenvalue weighted by Gasteiger charge is -2.26. The summed E-state index contributed by atoms with van der Waals surface area (Å²) in [6, 6.07) is -2.70. The monoisotopic (exact) mass is 860 g/mol. The third-order valence-electron chi connectivity index (χ3n) is 8.26. The summed E-state index contributed by atoms with van der Waals surface area (Å²) in [5, 5.41) is 9.52. The number of guanidine groups is 1. The van der Waals surface area contributed by atoms with Crippen molar-refractivity contribution in [1.29, 1.82) is 0 Å². The lowest BCUT2D eigenvalue weighted by Crippen LogP contribution is -2.53. The van der Waals surface area contributed by atoms with Crippen molar-refractivity contribution in [1.82, 2.24) is 26.0 Å². The molecule has 0 spiro atoms. The van der Waals surface area contributed by atoms with Crippen LogP contribution < -0.4 is 42.2 Å². The number of nitrogens with zero attached hydrogens (tertiary/aromatic N) is 1. The van der Waals surface area contributed by atoms with E-state index < -0.39 is 99.9 Å². The number of fused-ring (bicyclic) bond motifs is 1. The van der Waals surface area contributed by atoms with E-state index in [0.29, 0.717) is 28.9 Å². The van der Waals surface area contributed by atoms with E-state index in [-0.39, 0.29) is 43.2 Å². The van der Waals surface area contributed by atoms with Crippen LogP contribution in [0.5, 0.6) is 5.75 Å². The van der Waals surface area contributed by atoms with E-state index in [1.807, 2.05) is 13.8 Å². The summed E-state index contributed by atoms with van der Waals surface area (Å²) in [5.74, 6) is -4.42. The molecule has 328 valence electrons. The van der Waals surface area contributed by atoms with Crippen molar-refractivity contribution in [3.63, 3.8) is 0 Å². The van der Waals surface area contributed by atoms with Gasteiger partial charge in [0.15, 0.2) is 0 Å². The van der Waals surface area contributed by atoms with Gasteiger partial charge in [-0.3, -0.25) is 29.0 Å². The molecule has 0 fully saturated rings. The first-order chi connectivity index (χ1) is 26.1. The number of rotatable bonds is 17. The van der Waals surface area contributed by atoms with Crippen LogP contribution in [0.15, 0.2) is 9.89 Å². The highest BCUT2D eigenvalue weighted by Gasteiger charge is 2.37. The summed E-state index contributed by atoms with van der Waals surface area (Å²) in [7, 11) is -4.17. The normalized spacial score (nSPS) is 14.7. The molecule has 0 radical (unpaired) electrons. The number of esters is 2. The summed E-state index contributed by atoms with van der Waals surface area (Å²) >= 11 is 0. The fourth-order valence-corrected chi connectivity index (χ4v) is 7.31. The maximum Gasteiger partial charge on any atom is 0.329 e. The molecule has 1 aromatic carbocycles. The van der Waals surface area contributed by atoms with Gasteiger partial charge < -0.3 is 46.9 Å². The second-order valence-corrected chi connectivity index (χ2v) is 17.9. The molecule has 2 atom stereocenters. The third kappa shape index (κ3) is 16.3. The number of nitrogens with one attached hydrogen (secondary N) is 5. The van der Waals surface area contributed by atoms with Gasteiger partial charge in [-0.2, -0.15) is 0 Å². The molecule has 0 bridgehead atoms. The molecule has 9 N–H and O–H groups in total. The number of benzene rings is 1. The van der Waals surface area contributed by atoms with Gasteiger partial charge in [0, 0.05) is 18.5 Å². The number of sulfonamides is 1. The van der Waals surface area contributed by atoms with Crippen LogP contribution in [0, 0.1) is 20.8 Å². The molecule has 0 aliphatic carbocycles. The standard InChI is InChI=1S/C37H60N8O11S.ClH/c1-20-21(2)31(22(3)23-16-37(10,11)55-30(20)23)57(52,53)45-34(39)40-14-12-13-24(43-27(47)18-41-26(46)17-38)32(50)42-19-28(48)44-25(33(51)56-36(7,8)9)15-29(49)54-35(4,5)6;/h24-25H,12-19,38H2,1-11H3,(H,41,46)(H,42,50)(H,43,47)(H,44,48)(H3,39,40,45);1H/t24-,25-;/m0./s1. The van der Waals surface area contributed by atoms with Gasteiger partial charge in [0.05, 0.1) is 31.0 Å². The van der Waals surface area contributed by atoms with Crippen molar-refractivity contribution in [3.05, 3.63) is 22.3 Å². The van der Waals surface area contributed by atoms with Crippen LogP contribution in [0.1, 0.15) is 96.9 Å². The number of hydrogen-bond acceptors (Lipinski definition) is 13. The molecule has 4 amide bonds. The van der Waals surface area contributed by atoms with Gasteiger partial charge in [0.1, 0.15) is 34.6 Å². The average molecular weight is 861 g/mol. The molecule has 58 heavy (non-hydrogen) atoms. The number of halogens is 1. The molecule has 21 heteroatoms. The summed E-state index contributed by atoms with van der Waals surface area (Å²) < 4.78 is 46.1. The highest BCUT2D eigenvalue weighted by atomic mass is 35.5. The molecular formula is C37H61ClN8O11S. The van der Waals surface area contributed by atoms with Gasteiger partial charge in [0.25, 0.3) is 10.0 Å². The largest absolute Gasteiger partial charge is 0.487 e. The molecule has 0 saturated carbocycles. The van der Waals surface area contributed by atoms with Crippen LogP contribution in [-0.2, 0) is 54.7 Å². The topological polar surface area (TPSA) is 289 Å². The Balaban J connectivity index is 0.0000168. The molecular weight excluding hydrogens is 800 g/mol. The lowest BCUT2D eigenvalue weighted by atomic mass is 9.94. The highest BCUT2D eigenvalue weighted by Crippen LogP contribution is 2.43. The summed E-state index contributed by atoms with van der Waals surface area (Å²) in [5.41, 5.74) is 11.5. The van der Waals surface area contributed by atoms with E-state index in [1.165, 1.54) is 0 Å². The van der Waals surface area contributed by atoms with Crippen LogP contribution in [-0.4, -0.2) is 105 Å². The van der Waals surface area contributed by atoms with Gasteiger partial charge in [-0.1, -0.05) is 0 Å². The fraction of sp³-hybridized carbons (Fsp3) is 0.649. The van der Waals surface area contributed by atoms with E-state index in [2.05, 4.69) is 31.0 Å². The molecule has 1 aliphatic rings. The maximum atomic E-state index is 13.5. The first kappa shape index (κ1) is 51.3. The molecule has 19 nitrogen and oxygen atoms in total. The van der Waals surface area contributed by atoms with Crippen molar-refractivity contribution in [2.24, 2.45) is 16.5 Å². The zero-order valence-electron chi connectivity index (χ0n) is 35.2. The van der Waals surface area contributed by atoms with E-state index in [1.54, 1.807) is 62.3 Å². The molecule has 0 saturated heterocycles. The van der Waals surface area contributed by atoms with E-state index in [9.17, 15) is 37.2 Å². The SMILES string of the molecule is Cc1c(C)c(S(=O)(=O)NC(N)=NCCC[C@H](NC(=O)CNC(=O)CN)C(=O)NCC(=O)N[C@@H](CC(=O)OC(C)(C)C)C(=O)OC(C)(C)C)c(C)c2c1OC(C)(C)C2.Cl. The van der Waals surface area contributed by atoms with Crippen LogP contribution in [0.2, 0.25) is 0 Å². The lowest BCUT2D eigenvalue weighted by molar-refractivity contribution is -0.165. The van der Waals surface area contributed by atoms with Gasteiger partial charge in [0.2, 0.25) is 29.6 Å². The van der Waals surface area contributed by atoms with Crippen molar-refractivity contribution in [3.8, 4) is 5.75 Å². The van der Waals surface area contributed by atoms with Gasteiger partial charge in [-0.15, -0.1) is 12.4 Å². The molecule has 1 heterocycles. The Labute approximate surface area is 346 Å². The predicted octanol–water partition coefficient (Wildman–Crippen LogP) is 0.355. The quantitative estimate of drug-likeness (QED) is 0.0483. The Bertz CT molecular complexity index is 1860. The van der Waals surface area contributed by atoms with Crippen molar-refractivity contribution < 1.29 is 51.4 Å². The Hall–Kier alpha value is -4.69. The van der Waals surface area contributed by atoms with Crippen molar-refractivity contribution in [2.45, 2.75) is 136 Å². The van der Waals surface area contributed by atoms with E-state index in [0.717, 1.165) is 5.56 Å². The van der Waals surface area contributed by atoms with Crippen LogP contribution >= 0.6 is 12.4 Å². The smallest absolute Gasteiger partial charge is 0.329 e. The highest BCUT2D eigenvalue weighted by molar-refractivity contribution is 7.90. The maximum absolute atomic E-state index is 13.5. The van der Waals surface area contributed by atoms with E-state index in [4.69, 9.17) is 25.7 Å². The molecule has 1 aliphatic heterocycles. The minimum Gasteiger partial charge on any atom is -0.487 e. The van der Waals surface area contributed by atoms with Gasteiger partial charge in [-0.05, 0) is 106 Å². The zero-order valence-corrected chi connectivity index (χ0v) is 36.9. The number of hydrogen-bond donors (Lipinski definition) is 7. The minimum atomic E-state index is -4.17. The summed E-state index contributed by atoms with van der Waals surface area (Å²) in [6.07, 6.45) is 0.0156. The van der Waals surface area contributed by atoms with Gasteiger partial charge >= 0.3 is 11.9 Å². The van der Waals surface area contributed by atoms with Crippen molar-refractivity contribution in [2.75, 3.05) is 26.2 Å². The Morgan fingerprint density at radius 2 is 1.40 bits per heavy atom. The first-order valence-corrected chi connectivity index (χ1v) is 20.0. The Morgan fingerprint density at radius 1 is 0.845 bits per heavy atom. The number of ether oxygens (including phenoxy) is 3. The average Bonchev–Trinajstić information content (AvgIpc) is 3.39. The predicted molar refractivity (Wildman–Crippen MR) is 218 cm³/mol. The molecule has 1 aromatic rings. The summed E-state index contributed by atoms with van der Waals surface area (Å²) in [6.45, 7) is 17.2. The Morgan fingerprint density at radius 3 is 1.95 bits per heavy atom. The number of nitrogens with two attached hydrogens (primary N) is 2. The third-order valence-corrected chi connectivity index (χ3v) is 9.88. The number of amides is 4. The zero-order chi connectivity index (χ0) is 43.7. The fourth-order valence-electron chi connectivity index (χ4n) is 5.78.